The molecule has 6 rings (SSSR count). The topological polar surface area (TPSA) is 43.8 Å². The van der Waals surface area contributed by atoms with Crippen LogP contribution in [0.1, 0.15) is 0 Å². The van der Waals surface area contributed by atoms with Crippen LogP contribution in [0.3, 0.4) is 0 Å². The maximum atomic E-state index is 12.9. The van der Waals surface area contributed by atoms with Crippen molar-refractivity contribution in [3.05, 3.63) is 95.5 Å². The predicted octanol–water partition coefficient (Wildman–Crippen LogP) is 6.03. The zero-order valence-corrected chi connectivity index (χ0v) is 16.3. The highest BCUT2D eigenvalue weighted by Crippen LogP contribution is 2.38. The summed E-state index contributed by atoms with van der Waals surface area (Å²) in [5.41, 5.74) is 3.15. The molecule has 0 saturated heterocycles. The number of ether oxygens (including phenoxy) is 1. The van der Waals surface area contributed by atoms with Gasteiger partial charge in [-0.2, -0.15) is 0 Å². The van der Waals surface area contributed by atoms with E-state index in [1.807, 2.05) is 60.8 Å². The Kier molecular flexibility index (Phi) is 3.50. The maximum Gasteiger partial charge on any atom is 0.346 e. The van der Waals surface area contributed by atoms with E-state index in [9.17, 15) is 4.79 Å². The van der Waals surface area contributed by atoms with Gasteiger partial charge in [0, 0.05) is 17.0 Å². The van der Waals surface area contributed by atoms with Gasteiger partial charge in [0.2, 0.25) is 0 Å². The molecule has 144 valence electrons. The highest BCUT2D eigenvalue weighted by Gasteiger charge is 2.20. The molecule has 6 aromatic rings. The van der Waals surface area contributed by atoms with E-state index in [0.29, 0.717) is 11.0 Å². The van der Waals surface area contributed by atoms with Gasteiger partial charge in [-0.25, -0.2) is 4.79 Å². The number of hydrogen-bond acceptors (Lipinski definition) is 3. The van der Waals surface area contributed by atoms with E-state index in [0.717, 1.165) is 44.1 Å². The smallest absolute Gasteiger partial charge is 0.346 e. The fourth-order valence-electron chi connectivity index (χ4n) is 4.37. The number of nitrogens with zero attached hydrogens (tertiary/aromatic N) is 1. The van der Waals surface area contributed by atoms with Crippen LogP contribution in [0, 0.1) is 0 Å². The summed E-state index contributed by atoms with van der Waals surface area (Å²) in [6.45, 7) is 0. The molecule has 3 aromatic heterocycles. The van der Waals surface area contributed by atoms with Gasteiger partial charge in [0.25, 0.3) is 0 Å². The number of aromatic nitrogens is 1. The van der Waals surface area contributed by atoms with Crippen molar-refractivity contribution in [2.24, 2.45) is 0 Å². The Morgan fingerprint density at radius 1 is 0.833 bits per heavy atom. The van der Waals surface area contributed by atoms with Crippen LogP contribution in [0.2, 0.25) is 0 Å². The summed E-state index contributed by atoms with van der Waals surface area (Å²) in [5, 5.41) is 4.67. The zero-order valence-electron chi connectivity index (χ0n) is 16.3. The Balaban J connectivity index is 1.79. The van der Waals surface area contributed by atoms with Crippen molar-refractivity contribution in [2.75, 3.05) is 7.11 Å². The van der Waals surface area contributed by atoms with Crippen LogP contribution in [0.4, 0.5) is 0 Å². The molecule has 3 heterocycles. The van der Waals surface area contributed by atoms with E-state index in [1.165, 1.54) is 0 Å². The van der Waals surface area contributed by atoms with Crippen molar-refractivity contribution < 1.29 is 9.15 Å². The van der Waals surface area contributed by atoms with Crippen LogP contribution in [-0.2, 0) is 0 Å². The number of rotatable bonds is 2. The van der Waals surface area contributed by atoms with E-state index in [2.05, 4.69) is 28.7 Å². The average molecular weight is 391 g/mol. The van der Waals surface area contributed by atoms with Gasteiger partial charge in [-0.1, -0.05) is 42.5 Å². The molecule has 30 heavy (non-hydrogen) atoms. The van der Waals surface area contributed by atoms with Gasteiger partial charge in [-0.05, 0) is 52.7 Å². The number of pyridine rings is 1. The predicted molar refractivity (Wildman–Crippen MR) is 120 cm³/mol. The molecule has 4 nitrogen and oxygen atoms in total. The molecule has 0 atom stereocenters. The van der Waals surface area contributed by atoms with Crippen molar-refractivity contribution in [3.63, 3.8) is 0 Å². The molecule has 4 heteroatoms. The van der Waals surface area contributed by atoms with Crippen LogP contribution in [0.15, 0.2) is 94.3 Å². The summed E-state index contributed by atoms with van der Waals surface area (Å²) >= 11 is 0. The third kappa shape index (κ3) is 2.31. The quantitative estimate of drug-likeness (QED) is 0.339. The molecule has 0 unspecified atom stereocenters. The Morgan fingerprint density at radius 2 is 1.63 bits per heavy atom. The molecular formula is C26H17NO3. The van der Waals surface area contributed by atoms with E-state index in [1.54, 1.807) is 7.11 Å². The molecule has 0 saturated carbocycles. The van der Waals surface area contributed by atoms with E-state index in [-0.39, 0.29) is 5.63 Å². The normalized spacial score (nSPS) is 11.6. The summed E-state index contributed by atoms with van der Waals surface area (Å²) < 4.78 is 13.1. The molecule has 0 spiro atoms. The first kappa shape index (κ1) is 16.9. The lowest BCUT2D eigenvalue weighted by molar-refractivity contribution is 0.415. The fraction of sp³-hybridized carbons (Fsp3) is 0.0385. The molecule has 0 aliphatic heterocycles. The number of benzene rings is 3. The van der Waals surface area contributed by atoms with Crippen molar-refractivity contribution >= 4 is 38.0 Å². The van der Waals surface area contributed by atoms with Crippen LogP contribution in [-0.4, -0.2) is 11.5 Å². The number of para-hydroxylation sites is 1. The summed E-state index contributed by atoms with van der Waals surface area (Å²) in [7, 11) is 1.67. The minimum atomic E-state index is -0.316. The molecule has 0 radical (unpaired) electrons. The SMILES string of the molecule is COc1ccc2cc(-c3c4c5ccccc5oc(=O)c4c4ccccn34)ccc2c1. The molecule has 0 bridgehead atoms. The van der Waals surface area contributed by atoms with Gasteiger partial charge < -0.3 is 13.6 Å². The zero-order chi connectivity index (χ0) is 20.2. The molecular weight excluding hydrogens is 374 g/mol. The van der Waals surface area contributed by atoms with Gasteiger partial charge in [0.15, 0.2) is 0 Å². The van der Waals surface area contributed by atoms with Gasteiger partial charge in [0.05, 0.1) is 23.7 Å². The number of hydrogen-bond donors (Lipinski definition) is 0. The third-order valence-corrected chi connectivity index (χ3v) is 5.73. The Labute approximate surface area is 171 Å². The van der Waals surface area contributed by atoms with Gasteiger partial charge in [-0.3, -0.25) is 0 Å². The lowest BCUT2D eigenvalue weighted by Crippen LogP contribution is -1.98. The van der Waals surface area contributed by atoms with Gasteiger partial charge in [-0.15, -0.1) is 0 Å². The van der Waals surface area contributed by atoms with Gasteiger partial charge in [0.1, 0.15) is 11.3 Å². The maximum absolute atomic E-state index is 12.9. The first-order valence-corrected chi connectivity index (χ1v) is 9.77. The molecule has 0 amide bonds. The monoisotopic (exact) mass is 391 g/mol. The average Bonchev–Trinajstić information content (AvgIpc) is 3.14. The van der Waals surface area contributed by atoms with E-state index in [4.69, 9.17) is 9.15 Å². The number of methoxy groups -OCH3 is 1. The Bertz CT molecular complexity index is 1660. The fourth-order valence-corrected chi connectivity index (χ4v) is 4.37. The van der Waals surface area contributed by atoms with Crippen molar-refractivity contribution in [2.45, 2.75) is 0 Å². The lowest BCUT2D eigenvalue weighted by Gasteiger charge is -2.08. The third-order valence-electron chi connectivity index (χ3n) is 5.73. The summed E-state index contributed by atoms with van der Waals surface area (Å²) in [6.07, 6.45) is 2.00. The van der Waals surface area contributed by atoms with Crippen LogP contribution in [0.5, 0.6) is 5.75 Å². The van der Waals surface area contributed by atoms with Crippen LogP contribution >= 0.6 is 0 Å². The first-order valence-electron chi connectivity index (χ1n) is 9.77. The molecule has 3 aromatic carbocycles. The van der Waals surface area contributed by atoms with Crippen molar-refractivity contribution in [1.82, 2.24) is 4.40 Å². The van der Waals surface area contributed by atoms with E-state index < -0.39 is 0 Å². The van der Waals surface area contributed by atoms with Crippen molar-refractivity contribution in [1.29, 1.82) is 0 Å². The second kappa shape index (κ2) is 6.22. The summed E-state index contributed by atoms with van der Waals surface area (Å²) in [6, 6.07) is 26.0. The highest BCUT2D eigenvalue weighted by atomic mass is 16.5. The largest absolute Gasteiger partial charge is 0.497 e. The number of fused-ring (bicyclic) bond motifs is 6. The molecule has 0 N–H and O–H groups in total. The first-order chi connectivity index (χ1) is 14.7. The Hall–Kier alpha value is -4.05. The van der Waals surface area contributed by atoms with Crippen LogP contribution < -0.4 is 10.4 Å². The summed E-state index contributed by atoms with van der Waals surface area (Å²) in [4.78, 5) is 12.9. The minimum absolute atomic E-state index is 0.316. The standard InChI is InChI=1S/C26H17NO3/c1-29-19-12-11-16-14-18(10-9-17(16)15-19)25-23-20-6-2-3-8-22(20)30-26(28)24(23)21-7-4-5-13-27(21)25/h2-15H,1H3. The second-order valence-corrected chi connectivity index (χ2v) is 7.37. The molecule has 0 fully saturated rings. The summed E-state index contributed by atoms with van der Waals surface area (Å²) in [5.74, 6) is 0.831. The van der Waals surface area contributed by atoms with E-state index >= 15 is 0 Å². The minimum Gasteiger partial charge on any atom is -0.497 e. The second-order valence-electron chi connectivity index (χ2n) is 7.37. The molecule has 0 aliphatic carbocycles. The van der Waals surface area contributed by atoms with Gasteiger partial charge >= 0.3 is 5.63 Å². The highest BCUT2D eigenvalue weighted by molar-refractivity contribution is 6.17. The molecule has 0 aliphatic rings. The van der Waals surface area contributed by atoms with Crippen molar-refractivity contribution in [3.8, 4) is 17.0 Å². The lowest BCUT2D eigenvalue weighted by atomic mass is 10.0. The Morgan fingerprint density at radius 3 is 2.53 bits per heavy atom. The van der Waals surface area contributed by atoms with Crippen LogP contribution in [0.25, 0.3) is 49.3 Å².